The molecule has 0 spiro atoms. The summed E-state index contributed by atoms with van der Waals surface area (Å²) in [5.41, 5.74) is 0.951. The minimum atomic E-state index is -0.766. The van der Waals surface area contributed by atoms with Gasteiger partial charge in [-0.3, -0.25) is 14.5 Å². The van der Waals surface area contributed by atoms with E-state index >= 15 is 0 Å². The summed E-state index contributed by atoms with van der Waals surface area (Å²) in [7, 11) is 1.40. The minimum Gasteiger partial charge on any atom is -0.466 e. The Kier molecular flexibility index (Phi) is 4.08. The molecule has 28 heavy (non-hydrogen) atoms. The molecule has 0 saturated heterocycles. The Morgan fingerprint density at radius 2 is 1.79 bits per heavy atom. The summed E-state index contributed by atoms with van der Waals surface area (Å²) in [6, 6.07) is 11.2. The Bertz CT molecular complexity index is 1110. The highest BCUT2D eigenvalue weighted by Gasteiger charge is 2.40. The number of ether oxygens (including phenoxy) is 1. The van der Waals surface area contributed by atoms with Gasteiger partial charge < -0.3 is 4.74 Å². The molecule has 1 aliphatic heterocycles. The van der Waals surface area contributed by atoms with Crippen molar-refractivity contribution in [1.29, 1.82) is 5.26 Å². The highest BCUT2D eigenvalue weighted by Crippen LogP contribution is 2.32. The summed E-state index contributed by atoms with van der Waals surface area (Å²) < 4.78 is 6.44. The third-order valence-corrected chi connectivity index (χ3v) is 4.49. The lowest BCUT2D eigenvalue weighted by molar-refractivity contribution is 0.0587. The molecule has 3 heterocycles. The first-order chi connectivity index (χ1) is 13.6. The number of nitriles is 1. The number of rotatable bonds is 4. The summed E-state index contributed by atoms with van der Waals surface area (Å²) in [5.74, 6) is -0.341. The minimum absolute atomic E-state index is 0.0352. The second-order valence-corrected chi connectivity index (χ2v) is 6.06. The maximum absolute atomic E-state index is 12.8. The highest BCUT2D eigenvalue weighted by atomic mass is 16.5. The van der Waals surface area contributed by atoms with Crippen LogP contribution >= 0.6 is 0 Å². The number of nitrogens with zero attached hydrogens (tertiary/aromatic N) is 6. The summed E-state index contributed by atoms with van der Waals surface area (Å²) in [6.07, 6.45) is 1.51. The summed E-state index contributed by atoms with van der Waals surface area (Å²) in [6.45, 7) is 1.66. The van der Waals surface area contributed by atoms with Gasteiger partial charge in [-0.15, -0.1) is 5.10 Å². The van der Waals surface area contributed by atoms with Crippen molar-refractivity contribution in [1.82, 2.24) is 24.6 Å². The number of hydrogen-bond acceptors (Lipinski definition) is 7. The number of imide groups is 1. The normalized spacial score (nSPS) is 14.0. The van der Waals surface area contributed by atoms with E-state index in [9.17, 15) is 14.9 Å². The fourth-order valence-electron chi connectivity index (χ4n) is 3.15. The molecule has 9 heteroatoms. The van der Waals surface area contributed by atoms with Crippen molar-refractivity contribution < 1.29 is 14.3 Å². The van der Waals surface area contributed by atoms with E-state index in [0.29, 0.717) is 11.1 Å². The van der Waals surface area contributed by atoms with Crippen LogP contribution in [0.2, 0.25) is 0 Å². The van der Waals surface area contributed by atoms with Gasteiger partial charge in [0, 0.05) is 6.20 Å². The number of hydrogen-bond donors (Lipinski definition) is 0. The smallest absolute Gasteiger partial charge is 0.335 e. The third-order valence-electron chi connectivity index (χ3n) is 4.49. The first-order valence-electron chi connectivity index (χ1n) is 8.40. The average molecular weight is 374 g/mol. The molecule has 1 aromatic carbocycles. The molecule has 0 saturated carbocycles. The molecule has 4 rings (SSSR count). The van der Waals surface area contributed by atoms with Gasteiger partial charge in [0.15, 0.2) is 11.6 Å². The quantitative estimate of drug-likeness (QED) is 0.641. The molecule has 0 bridgehead atoms. The molecule has 138 valence electrons. The maximum atomic E-state index is 12.8. The van der Waals surface area contributed by atoms with E-state index in [1.54, 1.807) is 43.3 Å². The first kappa shape index (κ1) is 17.4. The molecule has 9 nitrogen and oxygen atoms in total. The molecule has 0 fully saturated rings. The zero-order valence-corrected chi connectivity index (χ0v) is 15.0. The third kappa shape index (κ3) is 2.51. The number of aromatic nitrogens is 4. The van der Waals surface area contributed by atoms with Crippen molar-refractivity contribution in [2.24, 2.45) is 0 Å². The van der Waals surface area contributed by atoms with Crippen LogP contribution in [0.4, 0.5) is 0 Å². The van der Waals surface area contributed by atoms with Crippen LogP contribution in [0.3, 0.4) is 0 Å². The van der Waals surface area contributed by atoms with Crippen LogP contribution in [0.5, 0.6) is 6.01 Å². The molecule has 0 aliphatic carbocycles. The van der Waals surface area contributed by atoms with Crippen molar-refractivity contribution in [3.8, 4) is 17.9 Å². The topological polar surface area (TPSA) is 114 Å². The van der Waals surface area contributed by atoms with E-state index in [1.807, 2.05) is 6.07 Å². The van der Waals surface area contributed by atoms with Gasteiger partial charge in [-0.1, -0.05) is 12.1 Å². The maximum Gasteiger partial charge on any atom is 0.335 e. The summed E-state index contributed by atoms with van der Waals surface area (Å²) in [5, 5.41) is 13.6. The van der Waals surface area contributed by atoms with Crippen molar-refractivity contribution in [3.05, 3.63) is 65.1 Å². The largest absolute Gasteiger partial charge is 0.466 e. The lowest BCUT2D eigenvalue weighted by Gasteiger charge is -2.21. The second kappa shape index (κ2) is 6.59. The fourth-order valence-corrected chi connectivity index (χ4v) is 3.15. The van der Waals surface area contributed by atoms with Crippen molar-refractivity contribution in [2.75, 3.05) is 7.11 Å². The number of methoxy groups -OCH3 is 1. The van der Waals surface area contributed by atoms with Gasteiger partial charge in [-0.05, 0) is 31.2 Å². The van der Waals surface area contributed by atoms with E-state index in [1.165, 1.54) is 18.0 Å². The van der Waals surface area contributed by atoms with Gasteiger partial charge in [0.25, 0.3) is 11.8 Å². The lowest BCUT2D eigenvalue weighted by atomic mass is 10.1. The zero-order valence-electron chi connectivity index (χ0n) is 15.0. The molecular formula is C19H14N6O3. The number of carbonyl (C=O) groups excluding carboxylic acids is 2. The first-order valence-corrected chi connectivity index (χ1v) is 8.40. The van der Waals surface area contributed by atoms with Crippen molar-refractivity contribution in [2.45, 2.75) is 13.0 Å². The number of carbonyl (C=O) groups is 2. The van der Waals surface area contributed by atoms with Gasteiger partial charge in [-0.25, -0.2) is 4.98 Å². The molecule has 1 aliphatic rings. The van der Waals surface area contributed by atoms with E-state index in [2.05, 4.69) is 15.1 Å². The van der Waals surface area contributed by atoms with Crippen LogP contribution < -0.4 is 4.74 Å². The molecule has 3 aromatic rings. The van der Waals surface area contributed by atoms with Gasteiger partial charge >= 0.3 is 6.01 Å². The van der Waals surface area contributed by atoms with Crippen molar-refractivity contribution >= 4 is 11.8 Å². The second-order valence-electron chi connectivity index (χ2n) is 6.06. The number of amides is 2. The van der Waals surface area contributed by atoms with E-state index in [4.69, 9.17) is 4.74 Å². The number of benzene rings is 1. The van der Waals surface area contributed by atoms with E-state index < -0.39 is 17.9 Å². The molecule has 0 unspecified atom stereocenters. The highest BCUT2D eigenvalue weighted by molar-refractivity contribution is 6.21. The van der Waals surface area contributed by atoms with Gasteiger partial charge in [0.05, 0.1) is 29.8 Å². The number of fused-ring (bicyclic) bond motifs is 1. The van der Waals surface area contributed by atoms with Crippen LogP contribution in [0.25, 0.3) is 5.82 Å². The standard InChI is InChI=1S/C19H14N6O3/c1-11(24-17(26)13-7-3-4-8-14(13)18(24)27)15-22-19(28-2)23-25(15)16-12(10-20)6-5-9-21-16/h3-9,11H,1-2H3/t11-/m0/s1. The SMILES string of the molecule is COc1nc([C@H](C)N2C(=O)c3ccccc3C2=O)n(-c2ncccc2C#N)n1. The van der Waals surface area contributed by atoms with Crippen LogP contribution in [-0.2, 0) is 0 Å². The van der Waals surface area contributed by atoms with Crippen LogP contribution in [-0.4, -0.2) is 43.6 Å². The Labute approximate surface area is 159 Å². The molecule has 2 aromatic heterocycles. The Balaban J connectivity index is 1.82. The van der Waals surface area contributed by atoms with Gasteiger partial charge in [0.2, 0.25) is 0 Å². The average Bonchev–Trinajstić information content (AvgIpc) is 3.27. The predicted molar refractivity (Wildman–Crippen MR) is 95.8 cm³/mol. The van der Waals surface area contributed by atoms with Crippen molar-refractivity contribution in [3.63, 3.8) is 0 Å². The van der Waals surface area contributed by atoms with Gasteiger partial charge in [-0.2, -0.15) is 14.9 Å². The lowest BCUT2D eigenvalue weighted by Crippen LogP contribution is -2.34. The van der Waals surface area contributed by atoms with Gasteiger partial charge in [0.1, 0.15) is 6.07 Å². The Hall–Kier alpha value is -4.06. The zero-order chi connectivity index (χ0) is 19.8. The Morgan fingerprint density at radius 3 is 2.39 bits per heavy atom. The molecule has 1 atom stereocenters. The van der Waals surface area contributed by atoms with Crippen LogP contribution in [0, 0.1) is 11.3 Å². The molecular weight excluding hydrogens is 360 g/mol. The summed E-state index contributed by atoms with van der Waals surface area (Å²) in [4.78, 5) is 35.3. The molecule has 0 radical (unpaired) electrons. The van der Waals surface area contributed by atoms with E-state index in [-0.39, 0.29) is 23.2 Å². The van der Waals surface area contributed by atoms with Crippen LogP contribution in [0.15, 0.2) is 42.6 Å². The summed E-state index contributed by atoms with van der Waals surface area (Å²) >= 11 is 0. The van der Waals surface area contributed by atoms with E-state index in [0.717, 1.165) is 4.90 Å². The fraction of sp³-hybridized carbons (Fsp3) is 0.158. The molecule has 2 amide bonds. The Morgan fingerprint density at radius 1 is 1.11 bits per heavy atom. The number of pyridine rings is 1. The monoisotopic (exact) mass is 374 g/mol. The van der Waals surface area contributed by atoms with Crippen LogP contribution in [0.1, 0.15) is 45.1 Å². The molecule has 0 N–H and O–H groups in total. The predicted octanol–water partition coefficient (Wildman–Crippen LogP) is 1.90.